The van der Waals surface area contributed by atoms with Crippen LogP contribution >= 0.6 is 0 Å². The van der Waals surface area contributed by atoms with Crippen LogP contribution in [-0.4, -0.2) is 73.6 Å². The van der Waals surface area contributed by atoms with Crippen molar-refractivity contribution in [3.63, 3.8) is 0 Å². The molecule has 0 bridgehead atoms. The molecule has 6 nitrogen and oxygen atoms in total. The van der Waals surface area contributed by atoms with E-state index < -0.39 is 0 Å². The van der Waals surface area contributed by atoms with Gasteiger partial charge in [-0.15, -0.1) is 0 Å². The van der Waals surface area contributed by atoms with Crippen molar-refractivity contribution in [3.05, 3.63) is 0 Å². The van der Waals surface area contributed by atoms with Gasteiger partial charge >= 0.3 is 0 Å². The summed E-state index contributed by atoms with van der Waals surface area (Å²) in [6.07, 6.45) is 2.22. The fraction of sp³-hybridized carbons (Fsp3) is 0.857. The summed E-state index contributed by atoms with van der Waals surface area (Å²) in [5.41, 5.74) is 0. The van der Waals surface area contributed by atoms with Gasteiger partial charge in [0.15, 0.2) is 0 Å². The Labute approximate surface area is 119 Å². The number of nitrogens with zero attached hydrogens (tertiary/aromatic N) is 2. The first-order valence-corrected chi connectivity index (χ1v) is 7.63. The highest BCUT2D eigenvalue weighted by molar-refractivity contribution is 5.82. The van der Waals surface area contributed by atoms with Crippen molar-refractivity contribution in [1.82, 2.24) is 15.1 Å². The van der Waals surface area contributed by atoms with Crippen molar-refractivity contribution in [3.8, 4) is 0 Å². The molecule has 20 heavy (non-hydrogen) atoms. The lowest BCUT2D eigenvalue weighted by atomic mass is 9.98. The molecule has 1 atom stereocenters. The highest BCUT2D eigenvalue weighted by atomic mass is 16.5. The van der Waals surface area contributed by atoms with E-state index in [9.17, 15) is 9.59 Å². The standard InChI is InChI=1S/C14H23N3O3/c18-13(8-11-9-15-10-11)16-3-5-17(6-4-16)14(19)12-2-1-7-20-12/h11-12,15H,1-10H2. The van der Waals surface area contributed by atoms with Crippen molar-refractivity contribution in [2.45, 2.75) is 25.4 Å². The van der Waals surface area contributed by atoms with Gasteiger partial charge in [-0.25, -0.2) is 0 Å². The topological polar surface area (TPSA) is 61.9 Å². The lowest BCUT2D eigenvalue weighted by Crippen LogP contribution is -2.54. The third kappa shape index (κ3) is 2.96. The summed E-state index contributed by atoms with van der Waals surface area (Å²) in [4.78, 5) is 28.1. The van der Waals surface area contributed by atoms with Crippen molar-refractivity contribution >= 4 is 11.8 Å². The van der Waals surface area contributed by atoms with Crippen LogP contribution in [0.5, 0.6) is 0 Å². The van der Waals surface area contributed by atoms with Crippen LogP contribution in [0.2, 0.25) is 0 Å². The Morgan fingerprint density at radius 3 is 2.35 bits per heavy atom. The van der Waals surface area contributed by atoms with Crippen LogP contribution in [0.1, 0.15) is 19.3 Å². The molecule has 0 saturated carbocycles. The van der Waals surface area contributed by atoms with E-state index in [1.54, 1.807) is 0 Å². The molecule has 0 aromatic carbocycles. The molecule has 0 spiro atoms. The Bertz CT molecular complexity index is 370. The number of ether oxygens (including phenoxy) is 1. The molecule has 3 aliphatic rings. The fourth-order valence-electron chi connectivity index (χ4n) is 3.02. The van der Waals surface area contributed by atoms with Crippen LogP contribution in [0.25, 0.3) is 0 Å². The number of carbonyl (C=O) groups excluding carboxylic acids is 2. The Kier molecular flexibility index (Phi) is 4.21. The number of hydrogen-bond acceptors (Lipinski definition) is 4. The summed E-state index contributed by atoms with van der Waals surface area (Å²) in [6.45, 7) is 5.24. The van der Waals surface area contributed by atoms with Crippen molar-refractivity contribution < 1.29 is 14.3 Å². The zero-order chi connectivity index (χ0) is 13.9. The maximum absolute atomic E-state index is 12.2. The van der Waals surface area contributed by atoms with Crippen LogP contribution < -0.4 is 5.32 Å². The molecule has 0 aromatic heterocycles. The second-order valence-corrected chi connectivity index (χ2v) is 5.94. The largest absolute Gasteiger partial charge is 0.368 e. The molecule has 3 fully saturated rings. The minimum Gasteiger partial charge on any atom is -0.368 e. The Morgan fingerprint density at radius 1 is 1.10 bits per heavy atom. The van der Waals surface area contributed by atoms with Crippen LogP contribution in [0.15, 0.2) is 0 Å². The minimum absolute atomic E-state index is 0.109. The molecule has 1 unspecified atom stereocenters. The predicted octanol–water partition coefficient (Wildman–Crippen LogP) is -0.554. The normalized spacial score (nSPS) is 27.5. The van der Waals surface area contributed by atoms with Crippen LogP contribution in [-0.2, 0) is 14.3 Å². The van der Waals surface area contributed by atoms with Crippen molar-refractivity contribution in [2.75, 3.05) is 45.9 Å². The maximum atomic E-state index is 12.2. The number of nitrogens with one attached hydrogen (secondary N) is 1. The minimum atomic E-state index is -0.238. The SMILES string of the molecule is O=C(CC1CNC1)N1CCN(C(=O)C2CCCO2)CC1. The summed E-state index contributed by atoms with van der Waals surface area (Å²) in [6, 6.07) is 0. The first-order chi connectivity index (χ1) is 9.74. The monoisotopic (exact) mass is 281 g/mol. The molecule has 0 aliphatic carbocycles. The van der Waals surface area contributed by atoms with E-state index in [0.717, 1.165) is 25.9 Å². The third-order valence-corrected chi connectivity index (χ3v) is 4.48. The highest BCUT2D eigenvalue weighted by Crippen LogP contribution is 2.17. The zero-order valence-corrected chi connectivity index (χ0v) is 11.8. The molecule has 6 heteroatoms. The van der Waals surface area contributed by atoms with Gasteiger partial charge in [0.05, 0.1) is 0 Å². The fourth-order valence-corrected chi connectivity index (χ4v) is 3.02. The molecule has 3 saturated heterocycles. The van der Waals surface area contributed by atoms with Gasteiger partial charge in [0.2, 0.25) is 5.91 Å². The van der Waals surface area contributed by atoms with E-state index in [0.29, 0.717) is 45.1 Å². The quantitative estimate of drug-likeness (QED) is 0.754. The number of rotatable bonds is 3. The summed E-state index contributed by atoms with van der Waals surface area (Å²) in [5.74, 6) is 0.854. The van der Waals surface area contributed by atoms with E-state index in [-0.39, 0.29) is 17.9 Å². The summed E-state index contributed by atoms with van der Waals surface area (Å²) in [5, 5.41) is 3.19. The molecule has 3 heterocycles. The van der Waals surface area contributed by atoms with Gasteiger partial charge in [-0.1, -0.05) is 0 Å². The first kappa shape index (κ1) is 13.8. The smallest absolute Gasteiger partial charge is 0.251 e. The molecule has 0 aromatic rings. The van der Waals surface area contributed by atoms with E-state index in [1.165, 1.54) is 0 Å². The Morgan fingerprint density at radius 2 is 1.80 bits per heavy atom. The molecule has 2 amide bonds. The molecule has 3 aliphatic heterocycles. The van der Waals surface area contributed by atoms with Gasteiger partial charge in [0.25, 0.3) is 5.91 Å². The third-order valence-electron chi connectivity index (χ3n) is 4.48. The number of amides is 2. The molecular formula is C14H23N3O3. The zero-order valence-electron chi connectivity index (χ0n) is 11.8. The predicted molar refractivity (Wildman–Crippen MR) is 73.1 cm³/mol. The van der Waals surface area contributed by atoms with Crippen molar-refractivity contribution in [2.24, 2.45) is 5.92 Å². The van der Waals surface area contributed by atoms with Gasteiger partial charge < -0.3 is 19.9 Å². The molecule has 0 radical (unpaired) electrons. The van der Waals surface area contributed by atoms with E-state index in [1.807, 2.05) is 9.80 Å². The molecule has 112 valence electrons. The number of piperazine rings is 1. The van der Waals surface area contributed by atoms with E-state index in [4.69, 9.17) is 4.74 Å². The Hall–Kier alpha value is -1.14. The number of hydrogen-bond donors (Lipinski definition) is 1. The van der Waals surface area contributed by atoms with Gasteiger partial charge in [-0.3, -0.25) is 9.59 Å². The van der Waals surface area contributed by atoms with Crippen molar-refractivity contribution in [1.29, 1.82) is 0 Å². The number of carbonyl (C=O) groups is 2. The van der Waals surface area contributed by atoms with E-state index >= 15 is 0 Å². The average Bonchev–Trinajstić information content (AvgIpc) is 2.96. The second kappa shape index (κ2) is 6.10. The van der Waals surface area contributed by atoms with Crippen LogP contribution in [0.4, 0.5) is 0 Å². The van der Waals surface area contributed by atoms with Gasteiger partial charge in [0, 0.05) is 39.2 Å². The lowest BCUT2D eigenvalue weighted by Gasteiger charge is -2.37. The first-order valence-electron chi connectivity index (χ1n) is 7.63. The Balaban J connectivity index is 1.43. The van der Waals surface area contributed by atoms with Gasteiger partial charge in [-0.2, -0.15) is 0 Å². The van der Waals surface area contributed by atoms with Gasteiger partial charge in [0.1, 0.15) is 6.10 Å². The van der Waals surface area contributed by atoms with E-state index in [2.05, 4.69) is 5.32 Å². The molecule has 1 N–H and O–H groups in total. The maximum Gasteiger partial charge on any atom is 0.251 e. The summed E-state index contributed by atoms with van der Waals surface area (Å²) < 4.78 is 5.44. The lowest BCUT2D eigenvalue weighted by molar-refractivity contribution is -0.146. The summed E-state index contributed by atoms with van der Waals surface area (Å²) in [7, 11) is 0. The molecular weight excluding hydrogens is 258 g/mol. The second-order valence-electron chi connectivity index (χ2n) is 5.94. The summed E-state index contributed by atoms with van der Waals surface area (Å²) >= 11 is 0. The average molecular weight is 281 g/mol. The highest BCUT2D eigenvalue weighted by Gasteiger charge is 2.32. The van der Waals surface area contributed by atoms with Crippen LogP contribution in [0, 0.1) is 5.92 Å². The molecule has 3 rings (SSSR count). The van der Waals surface area contributed by atoms with Crippen LogP contribution in [0.3, 0.4) is 0 Å². The van der Waals surface area contributed by atoms with Gasteiger partial charge in [-0.05, 0) is 31.8 Å².